The second-order valence-electron chi connectivity index (χ2n) is 5.41. The first-order valence-corrected chi connectivity index (χ1v) is 6.91. The van der Waals surface area contributed by atoms with Gasteiger partial charge in [-0.05, 0) is 25.2 Å². The van der Waals surface area contributed by atoms with Crippen LogP contribution in [-0.2, 0) is 4.79 Å². The fraction of sp³-hybridized carbons (Fsp3) is 0.923. The first-order valence-electron chi connectivity index (χ1n) is 6.91. The average molecular weight is 240 g/mol. The molecule has 2 atom stereocenters. The summed E-state index contributed by atoms with van der Waals surface area (Å²) in [5.41, 5.74) is 0. The molecule has 2 saturated heterocycles. The van der Waals surface area contributed by atoms with Gasteiger partial charge in [0.05, 0.1) is 12.1 Å². The smallest absolute Gasteiger partial charge is 0.239 e. The summed E-state index contributed by atoms with van der Waals surface area (Å²) in [4.78, 5) is 14.1. The quantitative estimate of drug-likeness (QED) is 0.765. The molecule has 98 valence electrons. The van der Waals surface area contributed by atoms with Gasteiger partial charge in [-0.1, -0.05) is 19.8 Å². The molecule has 0 aromatic heterocycles. The zero-order chi connectivity index (χ0) is 12.3. The number of nitrogens with zero attached hydrogens (tertiary/aromatic N) is 1. The minimum absolute atomic E-state index is 0.146. The highest BCUT2D eigenvalue weighted by atomic mass is 16.3. The second-order valence-corrected chi connectivity index (χ2v) is 5.41. The highest BCUT2D eigenvalue weighted by Gasteiger charge is 2.32. The van der Waals surface area contributed by atoms with Crippen LogP contribution in [0.15, 0.2) is 0 Å². The van der Waals surface area contributed by atoms with Crippen LogP contribution in [0.1, 0.15) is 39.0 Å². The minimum atomic E-state index is -0.346. The molecule has 2 heterocycles. The van der Waals surface area contributed by atoms with E-state index in [2.05, 4.69) is 12.2 Å². The van der Waals surface area contributed by atoms with Gasteiger partial charge in [0.2, 0.25) is 5.91 Å². The molecule has 4 nitrogen and oxygen atoms in total. The third-order valence-corrected chi connectivity index (χ3v) is 4.03. The zero-order valence-corrected chi connectivity index (χ0v) is 10.7. The number of hydrogen-bond acceptors (Lipinski definition) is 3. The van der Waals surface area contributed by atoms with E-state index in [4.69, 9.17) is 0 Å². The van der Waals surface area contributed by atoms with E-state index in [0.717, 1.165) is 31.8 Å². The molecule has 17 heavy (non-hydrogen) atoms. The van der Waals surface area contributed by atoms with E-state index in [1.165, 1.54) is 12.8 Å². The molecule has 2 rings (SSSR count). The van der Waals surface area contributed by atoms with Crippen LogP contribution in [0, 0.1) is 5.92 Å². The van der Waals surface area contributed by atoms with Crippen molar-refractivity contribution >= 4 is 5.91 Å². The van der Waals surface area contributed by atoms with Crippen molar-refractivity contribution in [3.8, 4) is 0 Å². The summed E-state index contributed by atoms with van der Waals surface area (Å²) in [6, 6.07) is -0.146. The first kappa shape index (κ1) is 12.8. The van der Waals surface area contributed by atoms with Crippen LogP contribution in [0.5, 0.6) is 0 Å². The Morgan fingerprint density at radius 3 is 2.65 bits per heavy atom. The Morgan fingerprint density at radius 1 is 1.41 bits per heavy atom. The molecular formula is C13H24N2O2. The van der Waals surface area contributed by atoms with Crippen LogP contribution in [0.25, 0.3) is 0 Å². The van der Waals surface area contributed by atoms with Gasteiger partial charge >= 0.3 is 0 Å². The summed E-state index contributed by atoms with van der Waals surface area (Å²) in [7, 11) is 0. The predicted octanol–water partition coefficient (Wildman–Crippen LogP) is 0.748. The van der Waals surface area contributed by atoms with Gasteiger partial charge in [0, 0.05) is 19.6 Å². The Hall–Kier alpha value is -0.610. The lowest BCUT2D eigenvalue weighted by Gasteiger charge is -2.33. The topological polar surface area (TPSA) is 52.6 Å². The molecular weight excluding hydrogens is 216 g/mol. The third-order valence-electron chi connectivity index (χ3n) is 4.03. The van der Waals surface area contributed by atoms with Gasteiger partial charge in [-0.3, -0.25) is 4.79 Å². The molecule has 0 radical (unpaired) electrons. The highest BCUT2D eigenvalue weighted by molar-refractivity contribution is 5.82. The maximum Gasteiger partial charge on any atom is 0.239 e. The van der Waals surface area contributed by atoms with Crippen LogP contribution >= 0.6 is 0 Å². The Bertz CT molecular complexity index is 262. The summed E-state index contributed by atoms with van der Waals surface area (Å²) in [5, 5.41) is 12.5. The second kappa shape index (κ2) is 5.83. The number of piperidine rings is 1. The average Bonchev–Trinajstić information content (AvgIpc) is 2.76. The minimum Gasteiger partial charge on any atom is -0.392 e. The molecule has 0 bridgehead atoms. The van der Waals surface area contributed by atoms with E-state index in [1.807, 2.05) is 4.90 Å². The Kier molecular flexibility index (Phi) is 4.40. The molecule has 0 spiro atoms. The van der Waals surface area contributed by atoms with Gasteiger partial charge in [-0.15, -0.1) is 0 Å². The van der Waals surface area contributed by atoms with E-state index < -0.39 is 0 Å². The van der Waals surface area contributed by atoms with Gasteiger partial charge in [-0.2, -0.15) is 0 Å². The number of aliphatic hydroxyl groups excluding tert-OH is 1. The summed E-state index contributed by atoms with van der Waals surface area (Å²) in [5.74, 6) is 1.00. The molecule has 2 unspecified atom stereocenters. The summed E-state index contributed by atoms with van der Waals surface area (Å²) < 4.78 is 0. The number of likely N-dealkylation sites (tertiary alicyclic amines) is 1. The van der Waals surface area contributed by atoms with Gasteiger partial charge in [0.15, 0.2) is 0 Å². The normalized spacial score (nSPS) is 30.8. The predicted molar refractivity (Wildman–Crippen MR) is 66.6 cm³/mol. The molecule has 4 heteroatoms. The number of nitrogens with one attached hydrogen (secondary N) is 1. The maximum absolute atomic E-state index is 12.2. The molecule has 1 amide bonds. The summed E-state index contributed by atoms with van der Waals surface area (Å²) >= 11 is 0. The maximum atomic E-state index is 12.2. The molecule has 0 aromatic rings. The van der Waals surface area contributed by atoms with Crippen LogP contribution in [0.4, 0.5) is 0 Å². The lowest BCUT2D eigenvalue weighted by Crippen LogP contribution is -2.47. The molecule has 2 N–H and O–H groups in total. The number of rotatable bonds is 3. The standard InChI is InChI=1S/C13H24N2O2/c1-2-3-10-4-6-15(7-5-10)13(17)12-8-11(16)9-14-12/h10-12,14,16H,2-9H2,1H3. The Labute approximate surface area is 103 Å². The monoisotopic (exact) mass is 240 g/mol. The summed E-state index contributed by atoms with van der Waals surface area (Å²) in [6.45, 7) is 4.58. The van der Waals surface area contributed by atoms with Crippen molar-refractivity contribution in [2.45, 2.75) is 51.2 Å². The number of β-amino-alcohol motifs (C(OH)–C–C–N with tert-alkyl or cyclic N) is 1. The van der Waals surface area contributed by atoms with Gasteiger partial charge < -0.3 is 15.3 Å². The Morgan fingerprint density at radius 2 is 2.12 bits per heavy atom. The van der Waals surface area contributed by atoms with Gasteiger partial charge in [0.1, 0.15) is 0 Å². The van der Waals surface area contributed by atoms with E-state index in [-0.39, 0.29) is 18.1 Å². The van der Waals surface area contributed by atoms with Crippen molar-refractivity contribution in [1.29, 1.82) is 0 Å². The van der Waals surface area contributed by atoms with Crippen molar-refractivity contribution < 1.29 is 9.90 Å². The lowest BCUT2D eigenvalue weighted by atomic mass is 9.92. The molecule has 2 fully saturated rings. The largest absolute Gasteiger partial charge is 0.392 e. The number of amides is 1. The van der Waals surface area contributed by atoms with Crippen molar-refractivity contribution in [3.05, 3.63) is 0 Å². The van der Waals surface area contributed by atoms with Crippen LogP contribution in [0.3, 0.4) is 0 Å². The van der Waals surface area contributed by atoms with Crippen LogP contribution in [-0.4, -0.2) is 47.7 Å². The molecule has 0 saturated carbocycles. The first-order chi connectivity index (χ1) is 8.20. The lowest BCUT2D eigenvalue weighted by molar-refractivity contribution is -0.134. The number of carbonyl (C=O) groups excluding carboxylic acids is 1. The fourth-order valence-electron chi connectivity index (χ4n) is 2.98. The van der Waals surface area contributed by atoms with E-state index in [9.17, 15) is 9.90 Å². The van der Waals surface area contributed by atoms with Crippen molar-refractivity contribution in [1.82, 2.24) is 10.2 Å². The molecule has 0 aliphatic carbocycles. The SMILES string of the molecule is CCCC1CCN(C(=O)C2CC(O)CN2)CC1. The Balaban J connectivity index is 1.78. The van der Waals surface area contributed by atoms with Gasteiger partial charge in [0.25, 0.3) is 0 Å². The molecule has 2 aliphatic heterocycles. The summed E-state index contributed by atoms with van der Waals surface area (Å²) in [6.07, 6.45) is 5.07. The van der Waals surface area contributed by atoms with E-state index in [0.29, 0.717) is 13.0 Å². The van der Waals surface area contributed by atoms with E-state index >= 15 is 0 Å². The number of carbonyl (C=O) groups is 1. The van der Waals surface area contributed by atoms with Crippen LogP contribution < -0.4 is 5.32 Å². The fourth-order valence-corrected chi connectivity index (χ4v) is 2.98. The van der Waals surface area contributed by atoms with Crippen molar-refractivity contribution in [3.63, 3.8) is 0 Å². The van der Waals surface area contributed by atoms with Crippen LogP contribution in [0.2, 0.25) is 0 Å². The van der Waals surface area contributed by atoms with E-state index in [1.54, 1.807) is 0 Å². The number of hydrogen-bond donors (Lipinski definition) is 2. The third kappa shape index (κ3) is 3.19. The number of aliphatic hydroxyl groups is 1. The highest BCUT2D eigenvalue weighted by Crippen LogP contribution is 2.22. The molecule has 0 aromatic carbocycles. The van der Waals surface area contributed by atoms with Crippen molar-refractivity contribution in [2.24, 2.45) is 5.92 Å². The zero-order valence-electron chi connectivity index (χ0n) is 10.7. The molecule has 2 aliphatic rings. The van der Waals surface area contributed by atoms with Crippen molar-refractivity contribution in [2.75, 3.05) is 19.6 Å². The van der Waals surface area contributed by atoms with Gasteiger partial charge in [-0.25, -0.2) is 0 Å².